The van der Waals surface area contributed by atoms with Crippen LogP contribution in [0.25, 0.3) is 22.2 Å². The van der Waals surface area contributed by atoms with Gasteiger partial charge in [-0.2, -0.15) is 0 Å². The van der Waals surface area contributed by atoms with Crippen molar-refractivity contribution in [1.82, 2.24) is 4.98 Å². The highest BCUT2D eigenvalue weighted by molar-refractivity contribution is 6.02. The highest BCUT2D eigenvalue weighted by Crippen LogP contribution is 2.23. The van der Waals surface area contributed by atoms with Gasteiger partial charge in [-0.05, 0) is 36.4 Å². The van der Waals surface area contributed by atoms with Crippen molar-refractivity contribution in [2.45, 2.75) is 0 Å². The molecule has 0 bridgehead atoms. The highest BCUT2D eigenvalue weighted by atomic mass is 19.1. The third kappa shape index (κ3) is 2.12. The van der Waals surface area contributed by atoms with Crippen LogP contribution in [0.3, 0.4) is 0 Å². The van der Waals surface area contributed by atoms with Crippen molar-refractivity contribution in [2.75, 3.05) is 0 Å². The molecular formula is C16H10FNO2. The minimum absolute atomic E-state index is 0.159. The molecule has 0 amide bonds. The monoisotopic (exact) mass is 267 g/mol. The molecule has 3 aromatic rings. The summed E-state index contributed by atoms with van der Waals surface area (Å²) in [5.41, 5.74) is 1.95. The van der Waals surface area contributed by atoms with Crippen LogP contribution < -0.4 is 0 Å². The molecule has 0 aliphatic carbocycles. The number of aromatic nitrogens is 1. The number of pyridine rings is 1. The van der Waals surface area contributed by atoms with Gasteiger partial charge in [0.2, 0.25) is 0 Å². The Morgan fingerprint density at radius 1 is 1.00 bits per heavy atom. The summed E-state index contributed by atoms with van der Waals surface area (Å²) >= 11 is 0. The molecule has 0 spiro atoms. The van der Waals surface area contributed by atoms with Crippen LogP contribution in [0.15, 0.2) is 54.6 Å². The van der Waals surface area contributed by atoms with Crippen LogP contribution in [0.2, 0.25) is 0 Å². The Morgan fingerprint density at radius 2 is 1.75 bits per heavy atom. The Labute approximate surface area is 114 Å². The number of benzene rings is 2. The number of nitrogens with zero attached hydrogens (tertiary/aromatic N) is 1. The molecule has 98 valence electrons. The van der Waals surface area contributed by atoms with Gasteiger partial charge in [-0.1, -0.05) is 18.2 Å². The molecule has 0 fully saturated rings. The standard InChI is InChI=1S/C16H10FNO2/c17-12-7-4-10(5-8-12)14-9-6-11-2-1-3-13(16(19)20)15(11)18-14/h1-9H,(H,19,20). The summed E-state index contributed by atoms with van der Waals surface area (Å²) in [4.78, 5) is 15.6. The maximum absolute atomic E-state index is 12.9. The number of para-hydroxylation sites is 1. The Morgan fingerprint density at radius 3 is 2.45 bits per heavy atom. The maximum atomic E-state index is 12.9. The van der Waals surface area contributed by atoms with E-state index in [1.165, 1.54) is 18.2 Å². The SMILES string of the molecule is O=C(O)c1cccc2ccc(-c3ccc(F)cc3)nc12. The number of rotatable bonds is 2. The fourth-order valence-electron chi connectivity index (χ4n) is 2.10. The molecule has 0 aliphatic heterocycles. The number of fused-ring (bicyclic) bond motifs is 1. The summed E-state index contributed by atoms with van der Waals surface area (Å²) < 4.78 is 12.9. The fourth-order valence-corrected chi connectivity index (χ4v) is 2.10. The Hall–Kier alpha value is -2.75. The molecular weight excluding hydrogens is 257 g/mol. The number of carboxylic acids is 1. The Balaban J connectivity index is 2.21. The number of hydrogen-bond donors (Lipinski definition) is 1. The second-order valence-corrected chi connectivity index (χ2v) is 4.39. The van der Waals surface area contributed by atoms with Crippen LogP contribution in [0.1, 0.15) is 10.4 Å². The largest absolute Gasteiger partial charge is 0.478 e. The van der Waals surface area contributed by atoms with Crippen molar-refractivity contribution in [3.63, 3.8) is 0 Å². The van der Waals surface area contributed by atoms with Crippen LogP contribution in [0.5, 0.6) is 0 Å². The molecule has 0 aliphatic rings. The molecule has 4 heteroatoms. The first-order valence-corrected chi connectivity index (χ1v) is 6.04. The smallest absolute Gasteiger partial charge is 0.337 e. The van der Waals surface area contributed by atoms with E-state index in [4.69, 9.17) is 0 Å². The molecule has 0 saturated heterocycles. The van der Waals surface area contributed by atoms with Crippen molar-refractivity contribution in [1.29, 1.82) is 0 Å². The van der Waals surface area contributed by atoms with E-state index in [1.54, 1.807) is 24.3 Å². The third-order valence-electron chi connectivity index (χ3n) is 3.09. The van der Waals surface area contributed by atoms with E-state index in [0.717, 1.165) is 10.9 Å². The average Bonchev–Trinajstić information content (AvgIpc) is 2.46. The van der Waals surface area contributed by atoms with E-state index in [0.29, 0.717) is 11.2 Å². The van der Waals surface area contributed by atoms with E-state index in [-0.39, 0.29) is 11.4 Å². The molecule has 0 saturated carbocycles. The lowest BCUT2D eigenvalue weighted by Gasteiger charge is -2.05. The van der Waals surface area contributed by atoms with Crippen molar-refractivity contribution < 1.29 is 14.3 Å². The quantitative estimate of drug-likeness (QED) is 0.769. The molecule has 3 rings (SSSR count). The summed E-state index contributed by atoms with van der Waals surface area (Å²) in [5, 5.41) is 9.95. The van der Waals surface area contributed by atoms with E-state index in [9.17, 15) is 14.3 Å². The van der Waals surface area contributed by atoms with Gasteiger partial charge in [0.1, 0.15) is 5.82 Å². The van der Waals surface area contributed by atoms with Gasteiger partial charge in [-0.15, -0.1) is 0 Å². The van der Waals surface area contributed by atoms with E-state index >= 15 is 0 Å². The lowest BCUT2D eigenvalue weighted by molar-refractivity contribution is 0.0699. The minimum atomic E-state index is -1.01. The molecule has 0 radical (unpaired) electrons. The van der Waals surface area contributed by atoms with Gasteiger partial charge in [-0.25, -0.2) is 14.2 Å². The first-order chi connectivity index (χ1) is 9.65. The molecule has 2 aromatic carbocycles. The normalized spacial score (nSPS) is 10.7. The van der Waals surface area contributed by atoms with Crippen LogP contribution in [0.4, 0.5) is 4.39 Å². The summed E-state index contributed by atoms with van der Waals surface area (Å²) in [5.74, 6) is -1.33. The minimum Gasteiger partial charge on any atom is -0.478 e. The van der Waals surface area contributed by atoms with Gasteiger partial charge in [-0.3, -0.25) is 0 Å². The zero-order valence-electron chi connectivity index (χ0n) is 10.4. The molecule has 1 N–H and O–H groups in total. The first kappa shape index (κ1) is 12.3. The molecule has 20 heavy (non-hydrogen) atoms. The van der Waals surface area contributed by atoms with Gasteiger partial charge in [0.15, 0.2) is 0 Å². The topological polar surface area (TPSA) is 50.2 Å². The second kappa shape index (κ2) is 4.74. The molecule has 0 unspecified atom stereocenters. The van der Waals surface area contributed by atoms with Gasteiger partial charge in [0.05, 0.1) is 16.8 Å². The Bertz CT molecular complexity index is 797. The highest BCUT2D eigenvalue weighted by Gasteiger charge is 2.10. The van der Waals surface area contributed by atoms with Crippen LogP contribution >= 0.6 is 0 Å². The van der Waals surface area contributed by atoms with E-state index in [2.05, 4.69) is 4.98 Å². The van der Waals surface area contributed by atoms with E-state index < -0.39 is 5.97 Å². The number of carbonyl (C=O) groups is 1. The molecule has 3 nitrogen and oxygen atoms in total. The van der Waals surface area contributed by atoms with E-state index in [1.807, 2.05) is 12.1 Å². The van der Waals surface area contributed by atoms with Gasteiger partial charge in [0, 0.05) is 10.9 Å². The number of hydrogen-bond acceptors (Lipinski definition) is 2. The van der Waals surface area contributed by atoms with Crippen molar-refractivity contribution in [2.24, 2.45) is 0 Å². The van der Waals surface area contributed by atoms with Crippen LogP contribution in [0, 0.1) is 5.82 Å². The maximum Gasteiger partial charge on any atom is 0.337 e. The average molecular weight is 267 g/mol. The van der Waals surface area contributed by atoms with Crippen molar-refractivity contribution in [3.8, 4) is 11.3 Å². The summed E-state index contributed by atoms with van der Waals surface area (Å²) in [6.07, 6.45) is 0. The fraction of sp³-hybridized carbons (Fsp3) is 0. The van der Waals surface area contributed by atoms with Crippen LogP contribution in [-0.2, 0) is 0 Å². The van der Waals surface area contributed by atoms with Gasteiger partial charge in [0.25, 0.3) is 0 Å². The summed E-state index contributed by atoms with van der Waals surface area (Å²) in [7, 11) is 0. The van der Waals surface area contributed by atoms with Crippen molar-refractivity contribution in [3.05, 3.63) is 66.0 Å². The second-order valence-electron chi connectivity index (χ2n) is 4.39. The molecule has 0 atom stereocenters. The predicted molar refractivity (Wildman–Crippen MR) is 74.1 cm³/mol. The first-order valence-electron chi connectivity index (χ1n) is 6.04. The number of halogens is 1. The van der Waals surface area contributed by atoms with Gasteiger partial charge < -0.3 is 5.11 Å². The zero-order valence-corrected chi connectivity index (χ0v) is 10.4. The summed E-state index contributed by atoms with van der Waals surface area (Å²) in [6, 6.07) is 14.6. The number of aromatic carboxylic acids is 1. The lowest BCUT2D eigenvalue weighted by Crippen LogP contribution is -1.99. The molecule has 1 aromatic heterocycles. The van der Waals surface area contributed by atoms with Crippen LogP contribution in [-0.4, -0.2) is 16.1 Å². The van der Waals surface area contributed by atoms with Crippen molar-refractivity contribution >= 4 is 16.9 Å². The lowest BCUT2D eigenvalue weighted by atomic mass is 10.1. The zero-order chi connectivity index (χ0) is 14.1. The number of carboxylic acid groups (broad SMARTS) is 1. The third-order valence-corrected chi connectivity index (χ3v) is 3.09. The molecule has 1 heterocycles. The predicted octanol–water partition coefficient (Wildman–Crippen LogP) is 3.74. The Kier molecular flexibility index (Phi) is 2.91. The van der Waals surface area contributed by atoms with Gasteiger partial charge >= 0.3 is 5.97 Å². The summed E-state index contributed by atoms with van der Waals surface area (Å²) in [6.45, 7) is 0.